The van der Waals surface area contributed by atoms with Gasteiger partial charge < -0.3 is 4.74 Å². The van der Waals surface area contributed by atoms with Crippen LogP contribution in [-0.2, 0) is 6.42 Å². The van der Waals surface area contributed by atoms with Crippen LogP contribution in [0.4, 0.5) is 0 Å². The summed E-state index contributed by atoms with van der Waals surface area (Å²) >= 11 is 9.45. The van der Waals surface area contributed by atoms with E-state index in [1.165, 1.54) is 0 Å². The van der Waals surface area contributed by atoms with E-state index >= 15 is 0 Å². The van der Waals surface area contributed by atoms with Gasteiger partial charge in [0.15, 0.2) is 5.78 Å². The van der Waals surface area contributed by atoms with Crippen molar-refractivity contribution < 1.29 is 9.53 Å². The zero-order valence-corrected chi connectivity index (χ0v) is 12.3. The lowest BCUT2D eigenvalue weighted by Gasteiger charge is -2.06. The second-order valence-electron chi connectivity index (χ2n) is 4.37. The Hall–Kier alpha value is -1.32. The molecule has 0 radical (unpaired) electrons. The highest BCUT2D eigenvalue weighted by atomic mass is 79.9. The molecule has 0 N–H and O–H groups in total. The third kappa shape index (κ3) is 2.40. The minimum atomic E-state index is -0.0685. The first kappa shape index (κ1) is 12.7. The van der Waals surface area contributed by atoms with Gasteiger partial charge in [-0.3, -0.25) is 4.79 Å². The van der Waals surface area contributed by atoms with Gasteiger partial charge in [-0.05, 0) is 42.0 Å². The highest BCUT2D eigenvalue weighted by molar-refractivity contribution is 9.10. The number of benzene rings is 2. The largest absolute Gasteiger partial charge is 0.493 e. The maximum Gasteiger partial charge on any atom is 0.194 e. The quantitative estimate of drug-likeness (QED) is 0.765. The summed E-state index contributed by atoms with van der Waals surface area (Å²) in [5.41, 5.74) is 2.23. The van der Waals surface area contributed by atoms with Gasteiger partial charge in [0, 0.05) is 22.0 Å². The van der Waals surface area contributed by atoms with Crippen LogP contribution in [0.25, 0.3) is 0 Å². The molecule has 2 nitrogen and oxygen atoms in total. The third-order valence-corrected chi connectivity index (χ3v) is 3.95. The van der Waals surface area contributed by atoms with Crippen LogP contribution < -0.4 is 4.74 Å². The van der Waals surface area contributed by atoms with E-state index < -0.39 is 0 Å². The lowest BCUT2D eigenvalue weighted by atomic mass is 10.0. The van der Waals surface area contributed by atoms with Crippen LogP contribution in [0.2, 0.25) is 5.02 Å². The Morgan fingerprint density at radius 1 is 1.21 bits per heavy atom. The molecule has 0 fully saturated rings. The molecule has 0 spiro atoms. The molecule has 0 aromatic heterocycles. The highest BCUT2D eigenvalue weighted by Gasteiger charge is 2.17. The molecular weight excluding hydrogens is 328 g/mol. The average Bonchev–Trinajstić information content (AvgIpc) is 2.88. The second-order valence-corrected chi connectivity index (χ2v) is 5.70. The Kier molecular flexibility index (Phi) is 3.33. The van der Waals surface area contributed by atoms with E-state index in [1.54, 1.807) is 18.2 Å². The smallest absolute Gasteiger partial charge is 0.194 e. The van der Waals surface area contributed by atoms with Crippen molar-refractivity contribution in [3.05, 3.63) is 62.6 Å². The van der Waals surface area contributed by atoms with Gasteiger partial charge in [-0.15, -0.1) is 0 Å². The van der Waals surface area contributed by atoms with Crippen LogP contribution in [0.3, 0.4) is 0 Å². The van der Waals surface area contributed by atoms with Gasteiger partial charge in [-0.1, -0.05) is 27.5 Å². The normalized spacial score (nSPS) is 12.9. The number of ketones is 1. The van der Waals surface area contributed by atoms with Crippen LogP contribution in [0, 0.1) is 0 Å². The fourth-order valence-electron chi connectivity index (χ4n) is 2.15. The molecule has 4 heteroatoms. The van der Waals surface area contributed by atoms with Crippen molar-refractivity contribution >= 4 is 33.3 Å². The standard InChI is InChI=1S/C15H10BrClO2/c16-11-2-3-13(17)12(8-11)15(18)10-1-4-14-9(7-10)5-6-19-14/h1-4,7-8H,5-6H2. The summed E-state index contributed by atoms with van der Waals surface area (Å²) in [5, 5.41) is 0.463. The SMILES string of the molecule is O=C(c1ccc2c(c1)CCO2)c1cc(Br)ccc1Cl. The van der Waals surface area contributed by atoms with Gasteiger partial charge in [0.05, 0.1) is 11.6 Å². The topological polar surface area (TPSA) is 26.3 Å². The van der Waals surface area contributed by atoms with E-state index in [2.05, 4.69) is 15.9 Å². The fraction of sp³-hybridized carbons (Fsp3) is 0.133. The van der Waals surface area contributed by atoms with Crippen molar-refractivity contribution in [1.82, 2.24) is 0 Å². The molecule has 0 bridgehead atoms. The van der Waals surface area contributed by atoms with Gasteiger partial charge in [0.25, 0.3) is 0 Å². The monoisotopic (exact) mass is 336 g/mol. The first-order valence-electron chi connectivity index (χ1n) is 5.90. The third-order valence-electron chi connectivity index (χ3n) is 3.12. The lowest BCUT2D eigenvalue weighted by molar-refractivity contribution is 0.103. The van der Waals surface area contributed by atoms with Gasteiger partial charge in [-0.25, -0.2) is 0 Å². The summed E-state index contributed by atoms with van der Waals surface area (Å²) in [6.07, 6.45) is 0.850. The van der Waals surface area contributed by atoms with Crippen molar-refractivity contribution in [3.63, 3.8) is 0 Å². The Morgan fingerprint density at radius 3 is 2.89 bits per heavy atom. The van der Waals surface area contributed by atoms with Crippen molar-refractivity contribution in [2.75, 3.05) is 6.61 Å². The van der Waals surface area contributed by atoms with E-state index in [0.29, 0.717) is 22.8 Å². The summed E-state index contributed by atoms with van der Waals surface area (Å²) in [4.78, 5) is 12.5. The molecule has 19 heavy (non-hydrogen) atoms. The van der Waals surface area contributed by atoms with Crippen LogP contribution in [0.5, 0.6) is 5.75 Å². The van der Waals surface area contributed by atoms with Crippen LogP contribution >= 0.6 is 27.5 Å². The van der Waals surface area contributed by atoms with E-state index in [-0.39, 0.29) is 5.78 Å². The molecule has 2 aromatic carbocycles. The molecular formula is C15H10BrClO2. The van der Waals surface area contributed by atoms with Crippen molar-refractivity contribution in [3.8, 4) is 5.75 Å². The zero-order chi connectivity index (χ0) is 13.4. The van der Waals surface area contributed by atoms with Gasteiger partial charge in [0.1, 0.15) is 5.75 Å². The molecule has 0 amide bonds. The first-order valence-corrected chi connectivity index (χ1v) is 7.08. The number of carbonyl (C=O) groups is 1. The number of carbonyl (C=O) groups excluding carboxylic acids is 1. The molecule has 0 atom stereocenters. The van der Waals surface area contributed by atoms with Gasteiger partial charge in [-0.2, -0.15) is 0 Å². The van der Waals surface area contributed by atoms with Crippen molar-refractivity contribution in [1.29, 1.82) is 0 Å². The maximum atomic E-state index is 12.5. The number of fused-ring (bicyclic) bond motifs is 1. The summed E-state index contributed by atoms with van der Waals surface area (Å²) in [6, 6.07) is 10.8. The Balaban J connectivity index is 2.02. The summed E-state index contributed by atoms with van der Waals surface area (Å²) in [5.74, 6) is 0.804. The molecule has 1 aliphatic rings. The molecule has 0 saturated carbocycles. The van der Waals surface area contributed by atoms with E-state index in [4.69, 9.17) is 16.3 Å². The molecule has 0 saturated heterocycles. The number of ether oxygens (including phenoxy) is 1. The van der Waals surface area contributed by atoms with E-state index in [0.717, 1.165) is 22.2 Å². The van der Waals surface area contributed by atoms with E-state index in [1.807, 2.05) is 18.2 Å². The lowest BCUT2D eigenvalue weighted by Crippen LogP contribution is -2.02. The molecule has 0 unspecified atom stereocenters. The minimum Gasteiger partial charge on any atom is -0.493 e. The van der Waals surface area contributed by atoms with Crippen LogP contribution in [-0.4, -0.2) is 12.4 Å². The fourth-order valence-corrected chi connectivity index (χ4v) is 2.72. The zero-order valence-electron chi connectivity index (χ0n) is 9.95. The Bertz CT molecular complexity index is 667. The van der Waals surface area contributed by atoms with Crippen LogP contribution in [0.15, 0.2) is 40.9 Å². The van der Waals surface area contributed by atoms with E-state index in [9.17, 15) is 4.79 Å². The molecule has 96 valence electrons. The molecule has 0 aliphatic carbocycles. The average molecular weight is 338 g/mol. The summed E-state index contributed by atoms with van der Waals surface area (Å²) < 4.78 is 6.27. The maximum absolute atomic E-state index is 12.5. The predicted octanol–water partition coefficient (Wildman–Crippen LogP) is 4.27. The number of halogens is 2. The first-order chi connectivity index (χ1) is 9.15. The molecule has 2 aromatic rings. The highest BCUT2D eigenvalue weighted by Crippen LogP contribution is 2.29. The Morgan fingerprint density at radius 2 is 2.05 bits per heavy atom. The molecule has 1 aliphatic heterocycles. The van der Waals surface area contributed by atoms with Crippen molar-refractivity contribution in [2.45, 2.75) is 6.42 Å². The number of hydrogen-bond donors (Lipinski definition) is 0. The molecule has 3 rings (SSSR count). The van der Waals surface area contributed by atoms with Crippen LogP contribution in [0.1, 0.15) is 21.5 Å². The second kappa shape index (κ2) is 4.99. The van der Waals surface area contributed by atoms with Crippen molar-refractivity contribution in [2.24, 2.45) is 0 Å². The Labute approximate surface area is 124 Å². The summed E-state index contributed by atoms with van der Waals surface area (Å²) in [6.45, 7) is 0.685. The number of hydrogen-bond acceptors (Lipinski definition) is 2. The van der Waals surface area contributed by atoms with Gasteiger partial charge >= 0.3 is 0 Å². The molecule has 1 heterocycles. The number of rotatable bonds is 2. The minimum absolute atomic E-state index is 0.0685. The van der Waals surface area contributed by atoms with Gasteiger partial charge in [0.2, 0.25) is 0 Å². The predicted molar refractivity (Wildman–Crippen MR) is 78.2 cm³/mol. The summed E-state index contributed by atoms with van der Waals surface area (Å²) in [7, 11) is 0.